The molecule has 0 spiro atoms. The zero-order valence-corrected chi connectivity index (χ0v) is 12.1. The van der Waals surface area contributed by atoms with Gasteiger partial charge in [-0.25, -0.2) is 0 Å². The average molecular weight is 242 g/mol. The minimum absolute atomic E-state index is 0. The van der Waals surface area contributed by atoms with Crippen LogP contribution in [0.4, 0.5) is 4.79 Å². The topological polar surface area (TPSA) is 135 Å². The quantitative estimate of drug-likeness (QED) is 0.416. The van der Waals surface area contributed by atoms with Gasteiger partial charge in [0.25, 0.3) is 0 Å². The van der Waals surface area contributed by atoms with Gasteiger partial charge in [0.1, 0.15) is 0 Å². The van der Waals surface area contributed by atoms with E-state index >= 15 is 0 Å². The van der Waals surface area contributed by atoms with Gasteiger partial charge in [-0.15, -0.1) is 0 Å². The molecule has 0 rings (SSSR count). The molecule has 7 nitrogen and oxygen atoms in total. The number of carbonyl (C=O) groups excluding carboxylic acids is 1. The molecule has 0 aliphatic rings. The van der Waals surface area contributed by atoms with Gasteiger partial charge in [0.2, 0.25) is 0 Å². The molecule has 10 heteroatoms. The number of carbonyl (C=O) groups is 1. The van der Waals surface area contributed by atoms with E-state index in [4.69, 9.17) is 30.7 Å². The molecule has 0 aromatic rings. The fourth-order valence-corrected chi connectivity index (χ4v) is 0. The molecular weight excluding hydrogens is 241 g/mol. The molecule has 0 radical (unpaired) electrons. The van der Waals surface area contributed by atoms with Gasteiger partial charge >= 0.3 is 110 Å². The standard InChI is InChI=1S/CH2O3.K.Mn.Na.H2O.3O/c2-1(3)4;;;;;;;/h(H2,2,3,4);;;;1H2;;;/q;3*+1;;;;/p-3. The number of rotatable bonds is 0. The van der Waals surface area contributed by atoms with Gasteiger partial charge in [0.15, 0.2) is 0 Å². The van der Waals surface area contributed by atoms with Crippen LogP contribution in [0, 0.1) is 0 Å². The second kappa shape index (κ2) is 11.8. The molecule has 0 aromatic heterocycles. The Bertz CT molecular complexity index is 204. The molecule has 0 heterocycles. The maximum atomic E-state index is 8.69. The fourth-order valence-electron chi connectivity index (χ4n) is 0. The minimum atomic E-state index is -5.38. The van der Waals surface area contributed by atoms with Crippen molar-refractivity contribution in [2.45, 2.75) is 0 Å². The predicted octanol–water partition coefficient (Wildman–Crippen LogP) is -9.35. The van der Waals surface area contributed by atoms with E-state index in [0.29, 0.717) is 0 Å². The summed E-state index contributed by atoms with van der Waals surface area (Å²) in [7, 11) is 0. The van der Waals surface area contributed by atoms with Crippen molar-refractivity contribution >= 4 is 6.16 Å². The summed E-state index contributed by atoms with van der Waals surface area (Å²) in [6.07, 6.45) is -2.33. The first-order chi connectivity index (χ1) is 3.73. The monoisotopic (exact) mass is 242 g/mol. The molecule has 0 fully saturated rings. The summed E-state index contributed by atoms with van der Waals surface area (Å²) in [5, 5.41) is 16.7. The molecule has 0 amide bonds. The van der Waals surface area contributed by atoms with Gasteiger partial charge in [-0.05, 0) is 6.16 Å². The van der Waals surface area contributed by atoms with E-state index in [1.807, 2.05) is 0 Å². The van der Waals surface area contributed by atoms with Crippen LogP contribution >= 0.6 is 0 Å². The van der Waals surface area contributed by atoms with Crippen LogP contribution in [0.25, 0.3) is 0 Å². The SMILES string of the molecule is O=C([O-])[O-].[K+].[Na+].[O]=[Mn](=[O])(=[O])[OH]. The summed E-state index contributed by atoms with van der Waals surface area (Å²) in [5.74, 6) is 0. The van der Waals surface area contributed by atoms with Crippen molar-refractivity contribution in [1.29, 1.82) is 0 Å². The van der Waals surface area contributed by atoms with Crippen molar-refractivity contribution in [2.24, 2.45) is 0 Å². The zero-order chi connectivity index (χ0) is 8.08. The van der Waals surface area contributed by atoms with Gasteiger partial charge in [-0.1, -0.05) is 0 Å². The van der Waals surface area contributed by atoms with Crippen molar-refractivity contribution in [1.82, 2.24) is 0 Å². The first-order valence-electron chi connectivity index (χ1n) is 1.24. The van der Waals surface area contributed by atoms with Crippen LogP contribution in [-0.4, -0.2) is 10.3 Å². The van der Waals surface area contributed by atoms with Crippen LogP contribution in [0.15, 0.2) is 0 Å². The van der Waals surface area contributed by atoms with E-state index in [9.17, 15) is 0 Å². The second-order valence-electron chi connectivity index (χ2n) is 0.646. The third-order valence-corrected chi connectivity index (χ3v) is 0. The van der Waals surface area contributed by atoms with Crippen molar-refractivity contribution in [3.8, 4) is 0 Å². The van der Waals surface area contributed by atoms with E-state index in [-0.39, 0.29) is 80.9 Å². The van der Waals surface area contributed by atoms with E-state index in [2.05, 4.69) is 0 Å². The Hall–Kier alpha value is 1.79. The Balaban J connectivity index is -0.0000000383. The Morgan fingerprint density at radius 3 is 1.18 bits per heavy atom. The summed E-state index contributed by atoms with van der Waals surface area (Å²) in [5.41, 5.74) is 0. The van der Waals surface area contributed by atoms with E-state index in [1.165, 1.54) is 0 Å². The van der Waals surface area contributed by atoms with Crippen molar-refractivity contribution in [3.05, 3.63) is 0 Å². The molecule has 0 saturated carbocycles. The van der Waals surface area contributed by atoms with Crippen LogP contribution in [0.3, 0.4) is 0 Å². The molecule has 0 atom stereocenters. The Labute approximate surface area is 128 Å². The second-order valence-corrected chi connectivity index (χ2v) is 1.88. The number of hydrogen-bond acceptors (Lipinski definition) is 6. The van der Waals surface area contributed by atoms with Crippen molar-refractivity contribution < 1.29 is 125 Å². The van der Waals surface area contributed by atoms with Gasteiger partial charge < -0.3 is 15.0 Å². The Kier molecular flexibility index (Phi) is 24.7. The molecule has 56 valence electrons. The molecule has 0 saturated heterocycles. The molecule has 0 unspecified atom stereocenters. The molecule has 1 N–H and O–H groups in total. The molecule has 0 bridgehead atoms. The fraction of sp³-hybridized carbons (Fsp3) is 0. The average Bonchev–Trinajstić information content (AvgIpc) is 1.19. The third kappa shape index (κ3) is 354. The summed E-state index contributed by atoms with van der Waals surface area (Å²) in [6.45, 7) is 0. The maximum absolute atomic E-state index is 8.69. The zero-order valence-electron chi connectivity index (χ0n) is 5.77. The van der Waals surface area contributed by atoms with Gasteiger partial charge in [-0.2, -0.15) is 0 Å². The number of hydrogen-bond donors (Lipinski definition) is 1. The van der Waals surface area contributed by atoms with Crippen molar-refractivity contribution in [3.63, 3.8) is 0 Å². The molecule has 0 aliphatic heterocycles. The number of carboxylic acid groups (broad SMARTS) is 2. The molecule has 0 aliphatic carbocycles. The Morgan fingerprint density at radius 1 is 1.18 bits per heavy atom. The van der Waals surface area contributed by atoms with E-state index in [1.54, 1.807) is 0 Å². The summed E-state index contributed by atoms with van der Waals surface area (Å²) < 4.78 is 33.1. The summed E-state index contributed by atoms with van der Waals surface area (Å²) >= 11 is -5.38. The van der Waals surface area contributed by atoms with Crippen LogP contribution in [0.1, 0.15) is 0 Å². The first-order valence-corrected chi connectivity index (χ1v) is 3.22. The third-order valence-electron chi connectivity index (χ3n) is 0. The first kappa shape index (κ1) is 23.0. The normalized spacial score (nSPS) is 7.36. The van der Waals surface area contributed by atoms with E-state index < -0.39 is 19.1 Å². The summed E-state index contributed by atoms with van der Waals surface area (Å²) in [4.78, 5) is 8.33. The van der Waals surface area contributed by atoms with Crippen LogP contribution < -0.4 is 91.2 Å². The van der Waals surface area contributed by atoms with Crippen LogP contribution in [0.5, 0.6) is 0 Å². The van der Waals surface area contributed by atoms with Gasteiger partial charge in [0, 0.05) is 0 Å². The van der Waals surface area contributed by atoms with E-state index in [0.717, 1.165) is 0 Å². The van der Waals surface area contributed by atoms with Gasteiger partial charge in [0.05, 0.1) is 0 Å². The Morgan fingerprint density at radius 2 is 1.18 bits per heavy atom. The molecule has 11 heavy (non-hydrogen) atoms. The predicted molar refractivity (Wildman–Crippen MR) is 9.67 cm³/mol. The van der Waals surface area contributed by atoms with Crippen molar-refractivity contribution in [2.75, 3.05) is 0 Å². The van der Waals surface area contributed by atoms with Crippen LogP contribution in [0.2, 0.25) is 0 Å². The molecular formula is CHKMnNaO7. The van der Waals surface area contributed by atoms with Gasteiger partial charge in [-0.3, -0.25) is 0 Å². The van der Waals surface area contributed by atoms with Crippen LogP contribution in [-0.2, 0) is 24.5 Å². The summed E-state index contributed by atoms with van der Waals surface area (Å²) in [6, 6.07) is 0. The molecule has 0 aromatic carbocycles.